The minimum absolute atomic E-state index is 0.112. The SMILES string of the molecule is COC[C@@H](C)NC(=O)c1cc(F)cc(Br)c1. The van der Waals surface area contributed by atoms with Crippen molar-refractivity contribution in [1.82, 2.24) is 5.32 Å². The molecule has 0 aromatic heterocycles. The zero-order valence-electron chi connectivity index (χ0n) is 9.09. The lowest BCUT2D eigenvalue weighted by Gasteiger charge is -2.12. The van der Waals surface area contributed by atoms with Gasteiger partial charge in [-0.3, -0.25) is 4.79 Å². The Kier molecular flexibility index (Phi) is 4.89. The number of benzene rings is 1. The van der Waals surface area contributed by atoms with E-state index in [1.54, 1.807) is 13.2 Å². The standard InChI is InChI=1S/C11H13BrFNO2/c1-7(6-16-2)14-11(15)8-3-9(12)5-10(13)4-8/h3-5,7H,6H2,1-2H3,(H,14,15)/t7-/m1/s1. The smallest absolute Gasteiger partial charge is 0.251 e. The largest absolute Gasteiger partial charge is 0.383 e. The second-order valence-electron chi connectivity index (χ2n) is 3.49. The highest BCUT2D eigenvalue weighted by Gasteiger charge is 2.11. The highest BCUT2D eigenvalue weighted by atomic mass is 79.9. The number of carbonyl (C=O) groups excluding carboxylic acids is 1. The highest BCUT2D eigenvalue weighted by molar-refractivity contribution is 9.10. The first kappa shape index (κ1) is 13.1. The van der Waals surface area contributed by atoms with Crippen LogP contribution in [0.5, 0.6) is 0 Å². The van der Waals surface area contributed by atoms with Crippen LogP contribution in [0.4, 0.5) is 4.39 Å². The lowest BCUT2D eigenvalue weighted by atomic mass is 10.2. The minimum atomic E-state index is -0.445. The van der Waals surface area contributed by atoms with Crippen molar-refractivity contribution < 1.29 is 13.9 Å². The van der Waals surface area contributed by atoms with Gasteiger partial charge < -0.3 is 10.1 Å². The maximum absolute atomic E-state index is 13.0. The molecule has 0 fully saturated rings. The van der Waals surface area contributed by atoms with Gasteiger partial charge in [0, 0.05) is 23.2 Å². The number of methoxy groups -OCH3 is 1. The van der Waals surface area contributed by atoms with E-state index in [9.17, 15) is 9.18 Å². The van der Waals surface area contributed by atoms with Crippen molar-refractivity contribution in [3.05, 3.63) is 34.1 Å². The quantitative estimate of drug-likeness (QED) is 0.924. The van der Waals surface area contributed by atoms with Gasteiger partial charge in [0.2, 0.25) is 0 Å². The molecule has 0 saturated heterocycles. The molecule has 0 aliphatic carbocycles. The molecule has 16 heavy (non-hydrogen) atoms. The number of ether oxygens (including phenoxy) is 1. The summed E-state index contributed by atoms with van der Waals surface area (Å²) in [7, 11) is 1.56. The molecule has 3 nitrogen and oxygen atoms in total. The first-order valence-corrected chi connectivity index (χ1v) is 5.58. The zero-order valence-corrected chi connectivity index (χ0v) is 10.7. The lowest BCUT2D eigenvalue weighted by Crippen LogP contribution is -2.35. The molecule has 1 rings (SSSR count). The van der Waals surface area contributed by atoms with Crippen molar-refractivity contribution >= 4 is 21.8 Å². The van der Waals surface area contributed by atoms with Crippen molar-refractivity contribution in [2.75, 3.05) is 13.7 Å². The fraction of sp³-hybridized carbons (Fsp3) is 0.364. The van der Waals surface area contributed by atoms with Crippen molar-refractivity contribution in [3.63, 3.8) is 0 Å². The van der Waals surface area contributed by atoms with Gasteiger partial charge in [0.1, 0.15) is 5.82 Å². The van der Waals surface area contributed by atoms with Gasteiger partial charge in [0.15, 0.2) is 0 Å². The summed E-state index contributed by atoms with van der Waals surface area (Å²) in [6.07, 6.45) is 0. The Bertz CT molecular complexity index is 364. The van der Waals surface area contributed by atoms with Crippen molar-refractivity contribution in [3.8, 4) is 0 Å². The summed E-state index contributed by atoms with van der Waals surface area (Å²) in [5.74, 6) is -0.760. The van der Waals surface area contributed by atoms with Crippen LogP contribution >= 0.6 is 15.9 Å². The van der Waals surface area contributed by atoms with Crippen LogP contribution in [-0.4, -0.2) is 25.7 Å². The number of halogens is 2. The number of hydrogen-bond donors (Lipinski definition) is 1. The number of rotatable bonds is 4. The Morgan fingerprint density at radius 2 is 2.25 bits per heavy atom. The van der Waals surface area contributed by atoms with Crippen molar-refractivity contribution in [2.24, 2.45) is 0 Å². The van der Waals surface area contributed by atoms with E-state index < -0.39 is 5.82 Å². The van der Waals surface area contributed by atoms with Gasteiger partial charge in [-0.25, -0.2) is 4.39 Å². The van der Waals surface area contributed by atoms with Gasteiger partial charge in [-0.15, -0.1) is 0 Å². The molecule has 1 aromatic carbocycles. The predicted octanol–water partition coefficient (Wildman–Crippen LogP) is 2.35. The highest BCUT2D eigenvalue weighted by Crippen LogP contribution is 2.14. The summed E-state index contributed by atoms with van der Waals surface area (Å²) in [6.45, 7) is 2.23. The first-order chi connectivity index (χ1) is 7.52. The van der Waals surface area contributed by atoms with Gasteiger partial charge in [0.25, 0.3) is 5.91 Å². The lowest BCUT2D eigenvalue weighted by molar-refractivity contribution is 0.0905. The molecular formula is C11H13BrFNO2. The fourth-order valence-corrected chi connectivity index (χ4v) is 1.75. The van der Waals surface area contributed by atoms with Crippen molar-refractivity contribution in [2.45, 2.75) is 13.0 Å². The zero-order chi connectivity index (χ0) is 12.1. The van der Waals surface area contributed by atoms with Crippen LogP contribution in [0, 0.1) is 5.82 Å². The van der Waals surface area contributed by atoms with E-state index in [-0.39, 0.29) is 17.5 Å². The van der Waals surface area contributed by atoms with Crippen molar-refractivity contribution in [1.29, 1.82) is 0 Å². The second kappa shape index (κ2) is 5.96. The molecule has 0 aliphatic heterocycles. The number of nitrogens with one attached hydrogen (secondary N) is 1. The van der Waals surface area contributed by atoms with Gasteiger partial charge in [0.05, 0.1) is 6.61 Å². The molecule has 0 unspecified atom stereocenters. The molecular weight excluding hydrogens is 277 g/mol. The Labute approximate surface area is 102 Å². The van der Waals surface area contributed by atoms with Gasteiger partial charge in [-0.2, -0.15) is 0 Å². The van der Waals surface area contributed by atoms with E-state index in [0.717, 1.165) is 0 Å². The summed E-state index contributed by atoms with van der Waals surface area (Å²) in [5, 5.41) is 2.70. The molecule has 0 spiro atoms. The summed E-state index contributed by atoms with van der Waals surface area (Å²) >= 11 is 3.13. The number of carbonyl (C=O) groups is 1. The average Bonchev–Trinajstić information content (AvgIpc) is 2.16. The average molecular weight is 290 g/mol. The number of amides is 1. The van der Waals surface area contributed by atoms with E-state index in [0.29, 0.717) is 11.1 Å². The van der Waals surface area contributed by atoms with E-state index in [4.69, 9.17) is 4.74 Å². The molecule has 1 atom stereocenters. The summed E-state index contributed by atoms with van der Waals surface area (Å²) < 4.78 is 18.5. The first-order valence-electron chi connectivity index (χ1n) is 4.79. The van der Waals surface area contributed by atoms with Crippen LogP contribution in [0.1, 0.15) is 17.3 Å². The summed E-state index contributed by atoms with van der Waals surface area (Å²) in [4.78, 5) is 11.7. The molecule has 5 heteroatoms. The van der Waals surface area contributed by atoms with E-state index in [1.165, 1.54) is 12.1 Å². The summed E-state index contributed by atoms with van der Waals surface area (Å²) in [6, 6.07) is 3.95. The van der Waals surface area contributed by atoms with Crippen LogP contribution in [0.15, 0.2) is 22.7 Å². The van der Waals surface area contributed by atoms with E-state index >= 15 is 0 Å². The molecule has 0 bridgehead atoms. The Morgan fingerprint density at radius 1 is 1.56 bits per heavy atom. The van der Waals surface area contributed by atoms with Crippen LogP contribution in [-0.2, 0) is 4.74 Å². The van der Waals surface area contributed by atoms with Gasteiger partial charge in [-0.05, 0) is 25.1 Å². The molecule has 0 aliphatic rings. The molecule has 88 valence electrons. The normalized spacial score (nSPS) is 12.2. The van der Waals surface area contributed by atoms with E-state index in [2.05, 4.69) is 21.2 Å². The van der Waals surface area contributed by atoms with Crippen LogP contribution in [0.3, 0.4) is 0 Å². The molecule has 0 radical (unpaired) electrons. The van der Waals surface area contributed by atoms with Crippen LogP contribution in [0.25, 0.3) is 0 Å². The van der Waals surface area contributed by atoms with E-state index in [1.807, 2.05) is 6.92 Å². The third kappa shape index (κ3) is 3.90. The monoisotopic (exact) mass is 289 g/mol. The maximum atomic E-state index is 13.0. The van der Waals surface area contributed by atoms with Crippen LogP contribution in [0.2, 0.25) is 0 Å². The third-order valence-electron chi connectivity index (χ3n) is 1.92. The minimum Gasteiger partial charge on any atom is -0.383 e. The second-order valence-corrected chi connectivity index (χ2v) is 4.40. The summed E-state index contributed by atoms with van der Waals surface area (Å²) in [5.41, 5.74) is 0.287. The Hall–Kier alpha value is -0.940. The molecule has 1 amide bonds. The Morgan fingerprint density at radius 3 is 2.81 bits per heavy atom. The van der Waals surface area contributed by atoms with Gasteiger partial charge >= 0.3 is 0 Å². The third-order valence-corrected chi connectivity index (χ3v) is 2.38. The number of hydrogen-bond acceptors (Lipinski definition) is 2. The molecule has 0 heterocycles. The topological polar surface area (TPSA) is 38.3 Å². The molecule has 0 saturated carbocycles. The maximum Gasteiger partial charge on any atom is 0.251 e. The van der Waals surface area contributed by atoms with Crippen LogP contribution < -0.4 is 5.32 Å². The molecule has 1 N–H and O–H groups in total. The molecule has 1 aromatic rings. The Balaban J connectivity index is 2.72. The van der Waals surface area contributed by atoms with Gasteiger partial charge in [-0.1, -0.05) is 15.9 Å². The fourth-order valence-electron chi connectivity index (χ4n) is 1.28. The predicted molar refractivity (Wildman–Crippen MR) is 62.9 cm³/mol.